The first-order valence-corrected chi connectivity index (χ1v) is 6.14. The first-order chi connectivity index (χ1) is 9.74. The van der Waals surface area contributed by atoms with Crippen LogP contribution in [0.5, 0.6) is 0 Å². The molecule has 2 aromatic heterocycles. The Bertz CT molecular complexity index is 733. The number of rotatable bonds is 3. The summed E-state index contributed by atoms with van der Waals surface area (Å²) in [5.41, 5.74) is 1.81. The van der Waals surface area contributed by atoms with Crippen LogP contribution in [0, 0.1) is 5.21 Å². The molecule has 0 aliphatic carbocycles. The van der Waals surface area contributed by atoms with E-state index in [2.05, 4.69) is 15.3 Å². The van der Waals surface area contributed by atoms with Crippen LogP contribution in [0.3, 0.4) is 0 Å². The molecule has 1 aromatic carbocycles. The van der Waals surface area contributed by atoms with E-state index in [0.29, 0.717) is 10.6 Å². The van der Waals surface area contributed by atoms with E-state index in [1.807, 2.05) is 24.3 Å². The molecular weight excluding hydrogens is 256 g/mol. The van der Waals surface area contributed by atoms with Crippen LogP contribution in [0.25, 0.3) is 11.0 Å². The highest BCUT2D eigenvalue weighted by atomic mass is 16.5. The van der Waals surface area contributed by atoms with Crippen molar-refractivity contribution in [3.8, 4) is 0 Å². The molecule has 0 spiro atoms. The van der Waals surface area contributed by atoms with Gasteiger partial charge in [0.15, 0.2) is 6.20 Å². The predicted octanol–water partition coefficient (Wildman–Crippen LogP) is 1.13. The Morgan fingerprint density at radius 3 is 2.85 bits per heavy atom. The third-order valence-electron chi connectivity index (χ3n) is 2.91. The Labute approximate surface area is 114 Å². The number of imidazole rings is 1. The highest BCUT2D eigenvalue weighted by Gasteiger charge is 2.14. The van der Waals surface area contributed by atoms with Crippen LogP contribution in [0.1, 0.15) is 16.3 Å². The van der Waals surface area contributed by atoms with E-state index >= 15 is 0 Å². The molecule has 1 amide bonds. The molecule has 6 nitrogen and oxygen atoms in total. The number of amides is 1. The number of carbonyl (C=O) groups excluding carboxylic acids is 1. The first kappa shape index (κ1) is 12.2. The fraction of sp³-hybridized carbons (Fsp3) is 0.0714. The summed E-state index contributed by atoms with van der Waals surface area (Å²) < 4.78 is 0.536. The van der Waals surface area contributed by atoms with Gasteiger partial charge in [-0.2, -0.15) is 4.73 Å². The molecule has 100 valence electrons. The largest absolute Gasteiger partial charge is 0.618 e. The number of benzene rings is 1. The van der Waals surface area contributed by atoms with Crippen molar-refractivity contribution < 1.29 is 9.52 Å². The molecule has 20 heavy (non-hydrogen) atoms. The zero-order valence-corrected chi connectivity index (χ0v) is 10.5. The Hall–Kier alpha value is -2.89. The minimum atomic E-state index is -0.430. The fourth-order valence-electron chi connectivity index (χ4n) is 1.95. The lowest BCUT2D eigenvalue weighted by Crippen LogP contribution is -2.38. The summed E-state index contributed by atoms with van der Waals surface area (Å²) in [5.74, 6) is 0.217. The van der Waals surface area contributed by atoms with Crippen molar-refractivity contribution in [1.82, 2.24) is 15.3 Å². The Morgan fingerprint density at radius 2 is 2.05 bits per heavy atom. The number of aromatic nitrogens is 3. The minimum Gasteiger partial charge on any atom is -0.618 e. The fourth-order valence-corrected chi connectivity index (χ4v) is 1.95. The first-order valence-electron chi connectivity index (χ1n) is 6.14. The number of nitrogens with zero attached hydrogens (tertiary/aromatic N) is 2. The van der Waals surface area contributed by atoms with Crippen LogP contribution in [0.4, 0.5) is 0 Å². The number of hydrogen-bond acceptors (Lipinski definition) is 3. The van der Waals surface area contributed by atoms with Gasteiger partial charge in [-0.3, -0.25) is 4.79 Å². The lowest BCUT2D eigenvalue weighted by Gasteiger charge is -2.03. The highest BCUT2D eigenvalue weighted by molar-refractivity contribution is 5.90. The number of aromatic amines is 1. The molecule has 2 heterocycles. The normalized spacial score (nSPS) is 10.6. The Morgan fingerprint density at radius 1 is 1.25 bits per heavy atom. The summed E-state index contributed by atoms with van der Waals surface area (Å²) in [6.45, 7) is 0.238. The second-order valence-corrected chi connectivity index (χ2v) is 4.29. The summed E-state index contributed by atoms with van der Waals surface area (Å²) >= 11 is 0. The van der Waals surface area contributed by atoms with E-state index < -0.39 is 5.91 Å². The summed E-state index contributed by atoms with van der Waals surface area (Å²) in [6, 6.07) is 12.3. The van der Waals surface area contributed by atoms with Gasteiger partial charge < -0.3 is 15.5 Å². The van der Waals surface area contributed by atoms with Crippen molar-refractivity contribution in [2.45, 2.75) is 6.54 Å². The lowest BCUT2D eigenvalue weighted by atomic mass is 10.3. The SMILES string of the molecule is O=C(NCc1nc2ccccc2[nH]1)c1cccc[n+]1[O-]. The average molecular weight is 268 g/mol. The molecule has 6 heteroatoms. The van der Waals surface area contributed by atoms with E-state index in [4.69, 9.17) is 0 Å². The zero-order valence-electron chi connectivity index (χ0n) is 10.5. The van der Waals surface area contributed by atoms with Gasteiger partial charge in [-0.1, -0.05) is 12.1 Å². The quantitative estimate of drug-likeness (QED) is 0.551. The van der Waals surface area contributed by atoms with Crippen LogP contribution in [0.2, 0.25) is 0 Å². The van der Waals surface area contributed by atoms with Gasteiger partial charge in [0.1, 0.15) is 5.82 Å². The van der Waals surface area contributed by atoms with Crippen molar-refractivity contribution in [3.63, 3.8) is 0 Å². The third-order valence-corrected chi connectivity index (χ3v) is 2.91. The van der Waals surface area contributed by atoms with Gasteiger partial charge in [-0.25, -0.2) is 4.98 Å². The van der Waals surface area contributed by atoms with Gasteiger partial charge in [-0.15, -0.1) is 0 Å². The van der Waals surface area contributed by atoms with Gasteiger partial charge in [-0.05, 0) is 18.2 Å². The van der Waals surface area contributed by atoms with Crippen LogP contribution in [-0.4, -0.2) is 15.9 Å². The molecule has 3 rings (SSSR count). The van der Waals surface area contributed by atoms with Crippen LogP contribution in [0.15, 0.2) is 48.7 Å². The van der Waals surface area contributed by atoms with Gasteiger partial charge in [0.25, 0.3) is 5.69 Å². The molecule has 0 aliphatic heterocycles. The van der Waals surface area contributed by atoms with Crippen LogP contribution in [-0.2, 0) is 6.54 Å². The number of fused-ring (bicyclic) bond motifs is 1. The van der Waals surface area contributed by atoms with E-state index in [1.54, 1.807) is 12.1 Å². The topological polar surface area (TPSA) is 84.7 Å². The van der Waals surface area contributed by atoms with E-state index in [-0.39, 0.29) is 12.2 Å². The zero-order chi connectivity index (χ0) is 13.9. The van der Waals surface area contributed by atoms with Gasteiger partial charge >= 0.3 is 5.91 Å². The number of para-hydroxylation sites is 2. The monoisotopic (exact) mass is 268 g/mol. The van der Waals surface area contributed by atoms with Crippen LogP contribution < -0.4 is 10.0 Å². The molecule has 0 aliphatic rings. The van der Waals surface area contributed by atoms with Crippen molar-refractivity contribution in [3.05, 3.63) is 65.4 Å². The van der Waals surface area contributed by atoms with E-state index in [9.17, 15) is 10.0 Å². The number of H-pyrrole nitrogens is 1. The molecule has 0 unspecified atom stereocenters. The summed E-state index contributed by atoms with van der Waals surface area (Å²) in [4.78, 5) is 19.3. The lowest BCUT2D eigenvalue weighted by molar-refractivity contribution is -0.607. The van der Waals surface area contributed by atoms with Gasteiger partial charge in [0, 0.05) is 12.1 Å². The standard InChI is InChI=1S/C14H12N4O2/c19-14(12-7-3-4-8-18(12)20)15-9-13-16-10-5-1-2-6-11(10)17-13/h1-8H,9H2,(H,15,19)(H,16,17). The number of pyridine rings is 1. The Kier molecular flexibility index (Phi) is 3.04. The molecule has 0 saturated carbocycles. The predicted molar refractivity (Wildman–Crippen MR) is 72.7 cm³/mol. The van der Waals surface area contributed by atoms with Crippen molar-refractivity contribution >= 4 is 16.9 Å². The molecule has 0 atom stereocenters. The van der Waals surface area contributed by atoms with Crippen molar-refractivity contribution in [2.24, 2.45) is 0 Å². The maximum Gasteiger partial charge on any atom is 0.317 e. The molecule has 2 N–H and O–H groups in total. The van der Waals surface area contributed by atoms with Crippen molar-refractivity contribution in [2.75, 3.05) is 0 Å². The van der Waals surface area contributed by atoms with E-state index in [1.165, 1.54) is 12.3 Å². The molecular formula is C14H12N4O2. The van der Waals surface area contributed by atoms with Crippen molar-refractivity contribution in [1.29, 1.82) is 0 Å². The molecule has 0 fully saturated rings. The second kappa shape index (κ2) is 5.00. The number of hydrogen-bond donors (Lipinski definition) is 2. The molecule has 0 saturated heterocycles. The number of carbonyl (C=O) groups is 1. The van der Waals surface area contributed by atoms with Gasteiger partial charge in [0.2, 0.25) is 0 Å². The number of nitrogens with one attached hydrogen (secondary N) is 2. The van der Waals surface area contributed by atoms with Gasteiger partial charge in [0.05, 0.1) is 17.6 Å². The molecule has 0 radical (unpaired) electrons. The maximum absolute atomic E-state index is 11.9. The van der Waals surface area contributed by atoms with Crippen LogP contribution >= 0.6 is 0 Å². The van der Waals surface area contributed by atoms with E-state index in [0.717, 1.165) is 11.0 Å². The highest BCUT2D eigenvalue weighted by Crippen LogP contribution is 2.09. The molecule has 0 bridgehead atoms. The Balaban J connectivity index is 1.73. The smallest absolute Gasteiger partial charge is 0.317 e. The minimum absolute atomic E-state index is 0.0589. The molecule has 3 aromatic rings. The maximum atomic E-state index is 11.9. The second-order valence-electron chi connectivity index (χ2n) is 4.29. The third kappa shape index (κ3) is 2.31. The summed E-state index contributed by atoms with van der Waals surface area (Å²) in [7, 11) is 0. The average Bonchev–Trinajstić information content (AvgIpc) is 2.88. The summed E-state index contributed by atoms with van der Waals surface area (Å²) in [6.07, 6.45) is 1.29. The summed E-state index contributed by atoms with van der Waals surface area (Å²) in [5, 5.41) is 14.1.